The maximum Gasteiger partial charge on any atom is 0.312 e. The van der Waals surface area contributed by atoms with E-state index in [1.807, 2.05) is 83.1 Å². The Kier molecular flexibility index (Phi) is 48.2. The maximum atomic E-state index is 12.2. The van der Waals surface area contributed by atoms with Crippen molar-refractivity contribution in [1.82, 2.24) is 21.3 Å². The normalized spacial score (nSPS) is 12.0. The van der Waals surface area contributed by atoms with Crippen molar-refractivity contribution in [3.05, 3.63) is 0 Å². The molecule has 0 aromatic rings. The van der Waals surface area contributed by atoms with Crippen molar-refractivity contribution >= 4 is 35.2 Å². The lowest BCUT2D eigenvalue weighted by atomic mass is 9.88. The van der Waals surface area contributed by atoms with Crippen LogP contribution in [-0.4, -0.2) is 74.5 Å². The van der Waals surface area contributed by atoms with E-state index in [4.69, 9.17) is 11.5 Å². The van der Waals surface area contributed by atoms with Crippen molar-refractivity contribution in [2.45, 2.75) is 148 Å². The molecular weight excluding hydrogens is 612 g/mol. The molecule has 0 radical (unpaired) electrons. The SMILES string of the molecule is CC.CC.CC.CC.CN[C@@H](C(=O)C[C@H](CCCNC(N)=O)C(C)=O)C(C)C.CN[C@H](C(=O)C[C@@H](CCCNC(N)=O)C(C)=O)C(C)C. The maximum absolute atomic E-state index is 12.2. The van der Waals surface area contributed by atoms with Gasteiger partial charge in [0, 0.05) is 37.8 Å². The van der Waals surface area contributed by atoms with Crippen LogP contribution in [0.3, 0.4) is 0 Å². The summed E-state index contributed by atoms with van der Waals surface area (Å²) in [6.45, 7) is 27.7. The van der Waals surface area contributed by atoms with Gasteiger partial charge >= 0.3 is 12.1 Å². The Hall–Kier alpha value is -2.86. The summed E-state index contributed by atoms with van der Waals surface area (Å²) in [6.07, 6.45) is 2.91. The van der Waals surface area contributed by atoms with Crippen molar-refractivity contribution < 1.29 is 28.8 Å². The molecule has 0 aliphatic heterocycles. The Morgan fingerprint density at radius 3 is 0.938 bits per heavy atom. The van der Waals surface area contributed by atoms with Crippen molar-refractivity contribution in [1.29, 1.82) is 0 Å². The molecule has 4 atom stereocenters. The van der Waals surface area contributed by atoms with Crippen LogP contribution in [0.15, 0.2) is 0 Å². The van der Waals surface area contributed by atoms with Gasteiger partial charge in [0.1, 0.15) is 11.6 Å². The minimum Gasteiger partial charge on any atom is -0.352 e. The van der Waals surface area contributed by atoms with Gasteiger partial charge in [-0.3, -0.25) is 19.2 Å². The molecule has 288 valence electrons. The topological polar surface area (TPSA) is 203 Å². The van der Waals surface area contributed by atoms with Crippen LogP contribution < -0.4 is 32.7 Å². The van der Waals surface area contributed by atoms with Crippen LogP contribution >= 0.6 is 0 Å². The van der Waals surface area contributed by atoms with Crippen molar-refractivity contribution in [3.8, 4) is 0 Å². The smallest absolute Gasteiger partial charge is 0.312 e. The van der Waals surface area contributed by atoms with E-state index >= 15 is 0 Å². The highest BCUT2D eigenvalue weighted by Gasteiger charge is 2.26. The molecule has 0 unspecified atom stereocenters. The number of hydrogen-bond acceptors (Lipinski definition) is 8. The quantitative estimate of drug-likeness (QED) is 0.0861. The molecule has 0 aliphatic rings. The molecule has 4 amide bonds. The van der Waals surface area contributed by atoms with Crippen LogP contribution in [0.1, 0.15) is 135 Å². The van der Waals surface area contributed by atoms with Crippen molar-refractivity contribution in [2.75, 3.05) is 27.2 Å². The zero-order valence-corrected chi connectivity index (χ0v) is 33.7. The molecule has 0 rings (SSSR count). The molecule has 12 heteroatoms. The van der Waals surface area contributed by atoms with Gasteiger partial charge in [0.05, 0.1) is 12.1 Å². The van der Waals surface area contributed by atoms with Crippen molar-refractivity contribution in [3.63, 3.8) is 0 Å². The number of carbonyl (C=O) groups is 6. The molecule has 0 fully saturated rings. The van der Waals surface area contributed by atoms with Gasteiger partial charge in [-0.25, -0.2) is 9.59 Å². The highest BCUT2D eigenvalue weighted by Crippen LogP contribution is 2.17. The second kappa shape index (κ2) is 40.3. The number of nitrogens with two attached hydrogens (primary N) is 2. The van der Waals surface area contributed by atoms with E-state index in [1.54, 1.807) is 14.1 Å². The van der Waals surface area contributed by atoms with Crippen LogP contribution in [0.2, 0.25) is 0 Å². The van der Waals surface area contributed by atoms with Gasteiger partial charge in [-0.1, -0.05) is 83.1 Å². The molecule has 0 spiro atoms. The number of hydrogen-bond donors (Lipinski definition) is 6. The van der Waals surface area contributed by atoms with E-state index in [9.17, 15) is 28.8 Å². The Labute approximate surface area is 294 Å². The molecule has 0 aliphatic carbocycles. The van der Waals surface area contributed by atoms with E-state index in [-0.39, 0.29) is 71.7 Å². The Balaban J connectivity index is -0.000000152. The minimum absolute atomic E-state index is 0.0102. The second-order valence-corrected chi connectivity index (χ2v) is 10.8. The fourth-order valence-electron chi connectivity index (χ4n) is 4.49. The van der Waals surface area contributed by atoms with E-state index in [2.05, 4.69) is 21.3 Å². The third-order valence-electron chi connectivity index (χ3n) is 6.75. The lowest BCUT2D eigenvalue weighted by molar-refractivity contribution is -0.128. The number of urea groups is 2. The first-order valence-corrected chi connectivity index (χ1v) is 18.1. The summed E-state index contributed by atoms with van der Waals surface area (Å²) in [5.41, 5.74) is 9.92. The summed E-state index contributed by atoms with van der Waals surface area (Å²) in [5, 5.41) is 10.9. The second-order valence-electron chi connectivity index (χ2n) is 10.8. The monoisotopic (exact) mass is 691 g/mol. The van der Waals surface area contributed by atoms with Crippen LogP contribution in [0.4, 0.5) is 9.59 Å². The first-order valence-electron chi connectivity index (χ1n) is 18.1. The van der Waals surface area contributed by atoms with E-state index < -0.39 is 12.1 Å². The summed E-state index contributed by atoms with van der Waals surface area (Å²) >= 11 is 0. The molecule has 8 N–H and O–H groups in total. The minimum atomic E-state index is -0.574. The number of ketones is 4. The standard InChI is InChI=1S/2C14H27N3O3.4C2H6/c2*1-9(2)13(16-4)12(19)8-11(10(3)18)6-5-7-17-14(15)20;4*1-2/h2*9,11,13,16H,5-8H2,1-4H3,(H3,15,17,20);4*1-2H3/t2*11-,13+;;;;/m10..../s1. The van der Waals surface area contributed by atoms with Crippen LogP contribution in [-0.2, 0) is 19.2 Å². The fourth-order valence-corrected chi connectivity index (χ4v) is 4.49. The Morgan fingerprint density at radius 2 is 0.771 bits per heavy atom. The molecule has 0 saturated carbocycles. The molecule has 0 aromatic heterocycles. The van der Waals surface area contributed by atoms with Crippen LogP contribution in [0, 0.1) is 23.7 Å². The Morgan fingerprint density at radius 1 is 0.521 bits per heavy atom. The largest absolute Gasteiger partial charge is 0.352 e. The van der Waals surface area contributed by atoms with Gasteiger partial charge < -0.3 is 32.7 Å². The summed E-state index contributed by atoms with van der Waals surface area (Å²) in [7, 11) is 3.50. The van der Waals surface area contributed by atoms with Gasteiger partial charge in [0.2, 0.25) is 0 Å². The number of Topliss-reactive ketones (excluding diaryl/α,β-unsaturated/α-hetero) is 4. The predicted molar refractivity (Wildman–Crippen MR) is 202 cm³/mol. The number of amides is 4. The van der Waals surface area contributed by atoms with Gasteiger partial charge in [-0.2, -0.15) is 0 Å². The van der Waals surface area contributed by atoms with Gasteiger partial charge in [0.25, 0.3) is 0 Å². The number of carbonyl (C=O) groups excluding carboxylic acids is 6. The van der Waals surface area contributed by atoms with Crippen LogP contribution in [0.25, 0.3) is 0 Å². The first kappa shape index (κ1) is 57.4. The van der Waals surface area contributed by atoms with E-state index in [0.717, 1.165) is 0 Å². The lowest BCUT2D eigenvalue weighted by Gasteiger charge is -2.21. The highest BCUT2D eigenvalue weighted by molar-refractivity contribution is 5.90. The number of rotatable bonds is 20. The summed E-state index contributed by atoms with van der Waals surface area (Å²) in [4.78, 5) is 68.6. The first-order chi connectivity index (χ1) is 22.6. The summed E-state index contributed by atoms with van der Waals surface area (Å²) in [6, 6.07) is -1.59. The van der Waals surface area contributed by atoms with E-state index in [1.165, 1.54) is 13.8 Å². The molecule has 0 heterocycles. The average molecular weight is 691 g/mol. The molecule has 0 saturated heterocycles. The molecular formula is C36H78N6O6. The molecule has 0 bridgehead atoms. The summed E-state index contributed by atoms with van der Waals surface area (Å²) in [5.74, 6) is -0.0463. The Bertz CT molecular complexity index is 755. The van der Waals surface area contributed by atoms with Gasteiger partial charge in [-0.15, -0.1) is 0 Å². The zero-order chi connectivity index (χ0) is 39.4. The van der Waals surface area contributed by atoms with Gasteiger partial charge in [0.15, 0.2) is 11.6 Å². The van der Waals surface area contributed by atoms with Gasteiger partial charge in [-0.05, 0) is 65.5 Å². The van der Waals surface area contributed by atoms with Crippen molar-refractivity contribution in [2.24, 2.45) is 35.1 Å². The zero-order valence-electron chi connectivity index (χ0n) is 33.7. The third-order valence-corrected chi connectivity index (χ3v) is 6.75. The van der Waals surface area contributed by atoms with E-state index in [0.29, 0.717) is 38.8 Å². The molecule has 12 nitrogen and oxygen atoms in total. The molecule has 48 heavy (non-hydrogen) atoms. The van der Waals surface area contributed by atoms with Crippen LogP contribution in [0.5, 0.6) is 0 Å². The number of primary amides is 2. The summed E-state index contributed by atoms with van der Waals surface area (Å²) < 4.78 is 0. The number of likely N-dealkylation sites (N-methyl/N-ethyl adjacent to an activating group) is 2. The lowest BCUT2D eigenvalue weighted by Crippen LogP contribution is -2.40. The fraction of sp³-hybridized carbons (Fsp3) is 0.833. The highest BCUT2D eigenvalue weighted by atomic mass is 16.2. The molecule has 0 aromatic carbocycles. The average Bonchev–Trinajstić information content (AvgIpc) is 3.04. The third kappa shape index (κ3) is 34.5. The number of nitrogens with one attached hydrogen (secondary N) is 4. The predicted octanol–water partition coefficient (Wildman–Crippen LogP) is 5.79.